The molecule has 0 bridgehead atoms. The van der Waals surface area contributed by atoms with Crippen molar-refractivity contribution < 1.29 is 14.4 Å². The van der Waals surface area contributed by atoms with Crippen LogP contribution in [0.3, 0.4) is 0 Å². The van der Waals surface area contributed by atoms with Crippen LogP contribution in [0.5, 0.6) is 0 Å². The normalized spacial score (nSPS) is 12.8. The van der Waals surface area contributed by atoms with E-state index in [-0.39, 0.29) is 34.8 Å². The third-order valence-electron chi connectivity index (χ3n) is 5.25. The van der Waals surface area contributed by atoms with Gasteiger partial charge in [0, 0.05) is 21.8 Å². The molecule has 3 amide bonds. The summed E-state index contributed by atoms with van der Waals surface area (Å²) in [6, 6.07) is 17.6. The molecule has 5 nitrogen and oxygen atoms in total. The number of thiol groups is 1. The van der Waals surface area contributed by atoms with Crippen molar-refractivity contribution in [1.82, 2.24) is 4.90 Å². The Labute approximate surface area is 204 Å². The number of halogens is 2. The van der Waals surface area contributed by atoms with Crippen LogP contribution in [0.15, 0.2) is 65.6 Å². The first-order valence-corrected chi connectivity index (χ1v) is 11.8. The SMILES string of the molecule is O=C(Nc1cccc2c1C(=O)N(CCc1ccc(CBr)cc1)C2=O)c1cc(Cl)ccc1S. The molecule has 0 fully saturated rings. The van der Waals surface area contributed by atoms with Gasteiger partial charge in [-0.25, -0.2) is 0 Å². The maximum absolute atomic E-state index is 13.1. The van der Waals surface area contributed by atoms with Crippen molar-refractivity contribution in [1.29, 1.82) is 0 Å². The lowest BCUT2D eigenvalue weighted by Gasteiger charge is -2.14. The molecule has 1 N–H and O–H groups in total. The lowest BCUT2D eigenvalue weighted by Crippen LogP contribution is -2.32. The Bertz CT molecular complexity index is 1230. The summed E-state index contributed by atoms with van der Waals surface area (Å²) >= 11 is 13.7. The highest BCUT2D eigenvalue weighted by molar-refractivity contribution is 9.08. The van der Waals surface area contributed by atoms with Crippen molar-refractivity contribution in [3.8, 4) is 0 Å². The molecule has 0 unspecified atom stereocenters. The van der Waals surface area contributed by atoms with Crippen LogP contribution >= 0.6 is 40.2 Å². The summed E-state index contributed by atoms with van der Waals surface area (Å²) in [4.78, 5) is 40.5. The molecule has 3 aromatic rings. The average Bonchev–Trinajstić information content (AvgIpc) is 3.04. The first kappa shape index (κ1) is 22.6. The number of anilines is 1. The fraction of sp³-hybridized carbons (Fsp3) is 0.125. The quantitative estimate of drug-likeness (QED) is 0.248. The number of benzene rings is 3. The number of alkyl halides is 1. The van der Waals surface area contributed by atoms with E-state index in [4.69, 9.17) is 11.6 Å². The summed E-state index contributed by atoms with van der Waals surface area (Å²) < 4.78 is 0. The van der Waals surface area contributed by atoms with Gasteiger partial charge in [-0.05, 0) is 47.9 Å². The Morgan fingerprint density at radius 3 is 2.44 bits per heavy atom. The highest BCUT2D eigenvalue weighted by Crippen LogP contribution is 2.30. The van der Waals surface area contributed by atoms with Crippen LogP contribution in [0, 0.1) is 0 Å². The molecule has 0 aromatic heterocycles. The third kappa shape index (κ3) is 4.46. The minimum atomic E-state index is -0.462. The number of fused-ring (bicyclic) bond motifs is 1. The Morgan fingerprint density at radius 2 is 1.72 bits per heavy atom. The van der Waals surface area contributed by atoms with Crippen LogP contribution in [0.1, 0.15) is 42.2 Å². The summed E-state index contributed by atoms with van der Waals surface area (Å²) in [6.07, 6.45) is 0.543. The molecule has 3 aromatic carbocycles. The van der Waals surface area contributed by atoms with Crippen molar-refractivity contribution in [2.75, 3.05) is 11.9 Å². The summed E-state index contributed by atoms with van der Waals surface area (Å²) in [7, 11) is 0. The van der Waals surface area contributed by atoms with E-state index >= 15 is 0 Å². The van der Waals surface area contributed by atoms with E-state index in [1.807, 2.05) is 24.3 Å². The summed E-state index contributed by atoms with van der Waals surface area (Å²) in [6.45, 7) is 0.252. The maximum Gasteiger partial charge on any atom is 0.263 e. The number of imide groups is 1. The molecule has 0 aliphatic carbocycles. The molecule has 1 aliphatic rings. The molecule has 0 atom stereocenters. The number of nitrogens with one attached hydrogen (secondary N) is 1. The van der Waals surface area contributed by atoms with Gasteiger partial charge in [0.15, 0.2) is 0 Å². The molecule has 0 saturated heterocycles. The molecule has 1 heterocycles. The minimum Gasteiger partial charge on any atom is -0.321 e. The van der Waals surface area contributed by atoms with E-state index in [0.29, 0.717) is 16.3 Å². The fourth-order valence-electron chi connectivity index (χ4n) is 3.56. The molecule has 8 heteroatoms. The van der Waals surface area contributed by atoms with E-state index in [1.165, 1.54) is 11.0 Å². The van der Waals surface area contributed by atoms with Crippen molar-refractivity contribution in [2.45, 2.75) is 16.6 Å². The number of carbonyl (C=O) groups excluding carboxylic acids is 3. The van der Waals surface area contributed by atoms with Gasteiger partial charge in [-0.15, -0.1) is 12.6 Å². The van der Waals surface area contributed by atoms with E-state index in [9.17, 15) is 14.4 Å². The number of hydrogen-bond donors (Lipinski definition) is 2. The second kappa shape index (κ2) is 9.48. The van der Waals surface area contributed by atoms with Crippen LogP contribution in [-0.4, -0.2) is 29.2 Å². The van der Waals surface area contributed by atoms with Gasteiger partial charge < -0.3 is 5.32 Å². The molecular weight excluding hydrogens is 512 g/mol. The summed E-state index contributed by atoms with van der Waals surface area (Å²) in [5, 5.41) is 3.90. The molecule has 162 valence electrons. The lowest BCUT2D eigenvalue weighted by molar-refractivity contribution is 0.0656. The van der Waals surface area contributed by atoms with E-state index in [0.717, 1.165) is 16.5 Å². The van der Waals surface area contributed by atoms with Crippen LogP contribution in [0.25, 0.3) is 0 Å². The largest absolute Gasteiger partial charge is 0.321 e. The molecule has 1 aliphatic heterocycles. The first-order chi connectivity index (χ1) is 15.4. The molecule has 0 radical (unpaired) electrons. The van der Waals surface area contributed by atoms with Crippen molar-refractivity contribution >= 4 is 63.6 Å². The second-order valence-corrected chi connectivity index (χ2v) is 8.78. The summed E-state index contributed by atoms with van der Waals surface area (Å²) in [5.41, 5.74) is 3.21. The number of nitrogens with zero attached hydrogens (tertiary/aromatic N) is 1. The topological polar surface area (TPSA) is 66.5 Å². The summed E-state index contributed by atoms with van der Waals surface area (Å²) in [5.74, 6) is -1.25. The van der Waals surface area contributed by atoms with Gasteiger partial charge in [0.05, 0.1) is 22.4 Å². The van der Waals surface area contributed by atoms with Crippen molar-refractivity contribution in [2.24, 2.45) is 0 Å². The first-order valence-electron chi connectivity index (χ1n) is 9.82. The van der Waals surface area contributed by atoms with Crippen molar-refractivity contribution in [3.63, 3.8) is 0 Å². The van der Waals surface area contributed by atoms with Gasteiger partial charge in [-0.3, -0.25) is 19.3 Å². The number of rotatable bonds is 6. The zero-order chi connectivity index (χ0) is 22.8. The smallest absolute Gasteiger partial charge is 0.263 e. The number of hydrogen-bond acceptors (Lipinski definition) is 4. The molecular formula is C24H18BrClN2O3S. The van der Waals surface area contributed by atoms with E-state index in [2.05, 4.69) is 33.9 Å². The van der Waals surface area contributed by atoms with Gasteiger partial charge in [-0.2, -0.15) is 0 Å². The zero-order valence-corrected chi connectivity index (χ0v) is 20.0. The van der Waals surface area contributed by atoms with Crippen LogP contribution in [0.2, 0.25) is 5.02 Å². The van der Waals surface area contributed by atoms with Gasteiger partial charge >= 0.3 is 0 Å². The monoisotopic (exact) mass is 528 g/mol. The molecule has 0 saturated carbocycles. The van der Waals surface area contributed by atoms with E-state index < -0.39 is 11.8 Å². The number of amides is 3. The van der Waals surface area contributed by atoms with Gasteiger partial charge in [0.25, 0.3) is 17.7 Å². The molecule has 0 spiro atoms. The Balaban J connectivity index is 1.54. The van der Waals surface area contributed by atoms with Gasteiger partial charge in [0.2, 0.25) is 0 Å². The van der Waals surface area contributed by atoms with E-state index in [1.54, 1.807) is 30.3 Å². The van der Waals surface area contributed by atoms with Crippen LogP contribution in [-0.2, 0) is 11.8 Å². The molecule has 32 heavy (non-hydrogen) atoms. The highest BCUT2D eigenvalue weighted by atomic mass is 79.9. The number of carbonyl (C=O) groups is 3. The fourth-order valence-corrected chi connectivity index (χ4v) is 4.34. The second-order valence-electron chi connectivity index (χ2n) is 7.31. The highest BCUT2D eigenvalue weighted by Gasteiger charge is 2.37. The van der Waals surface area contributed by atoms with Crippen LogP contribution < -0.4 is 5.32 Å². The predicted molar refractivity (Wildman–Crippen MR) is 131 cm³/mol. The standard InChI is InChI=1S/C24H18BrClN2O3S/c25-13-15-6-4-14(5-7-15)10-11-28-23(30)17-2-1-3-19(21(17)24(28)31)27-22(29)18-12-16(26)8-9-20(18)32/h1-9,12,32H,10-11,13H2,(H,27,29). The van der Waals surface area contributed by atoms with Gasteiger partial charge in [-0.1, -0.05) is 57.9 Å². The Morgan fingerprint density at radius 1 is 1.00 bits per heavy atom. The Kier molecular flexibility index (Phi) is 6.69. The van der Waals surface area contributed by atoms with Gasteiger partial charge in [0.1, 0.15) is 0 Å². The molecule has 4 rings (SSSR count). The predicted octanol–water partition coefficient (Wildman–Crippen LogP) is 5.61. The third-order valence-corrected chi connectivity index (χ3v) is 6.52. The lowest BCUT2D eigenvalue weighted by atomic mass is 10.1. The van der Waals surface area contributed by atoms with Crippen LogP contribution in [0.4, 0.5) is 5.69 Å². The Hall–Kier alpha value is -2.61. The van der Waals surface area contributed by atoms with Crippen molar-refractivity contribution in [3.05, 3.63) is 93.5 Å². The minimum absolute atomic E-state index is 0.197. The maximum atomic E-state index is 13.1. The average molecular weight is 530 g/mol. The zero-order valence-electron chi connectivity index (χ0n) is 16.8.